The Morgan fingerprint density at radius 2 is 1.47 bits per heavy atom. The molecule has 0 aromatic carbocycles. The third kappa shape index (κ3) is 3.45. The highest BCUT2D eigenvalue weighted by Gasteiger charge is 2.34. The topological polar surface area (TPSA) is 38.0 Å². The van der Waals surface area contributed by atoms with E-state index in [1.54, 1.807) is 0 Å². The molecule has 2 heteroatoms. The van der Waals surface area contributed by atoms with E-state index < -0.39 is 0 Å². The fraction of sp³-hybridized carbons (Fsp3) is 1.00. The van der Waals surface area contributed by atoms with Gasteiger partial charge in [-0.3, -0.25) is 11.3 Å². The van der Waals surface area contributed by atoms with Crippen LogP contribution in [0.3, 0.4) is 0 Å². The summed E-state index contributed by atoms with van der Waals surface area (Å²) in [5.74, 6) is 7.53. The van der Waals surface area contributed by atoms with E-state index in [1.165, 1.54) is 57.8 Å². The van der Waals surface area contributed by atoms with Crippen LogP contribution in [0.5, 0.6) is 0 Å². The first-order valence-electron chi connectivity index (χ1n) is 7.58. The maximum absolute atomic E-state index is 5.85. The molecule has 3 N–H and O–H groups in total. The lowest BCUT2D eigenvalue weighted by molar-refractivity contribution is 0.121. The molecule has 2 nitrogen and oxygen atoms in total. The highest BCUT2D eigenvalue weighted by atomic mass is 15.2. The third-order valence-corrected chi connectivity index (χ3v) is 5.24. The predicted octanol–water partition coefficient (Wildman–Crippen LogP) is 3.62. The van der Waals surface area contributed by atoms with Crippen molar-refractivity contribution >= 4 is 0 Å². The normalized spacial score (nSPS) is 29.1. The van der Waals surface area contributed by atoms with Gasteiger partial charge in [0.15, 0.2) is 0 Å². The SMILES string of the molecule is CC1(C)CCC(C(NN)C2CCCCC2)CC1. The second-order valence-corrected chi connectivity index (χ2v) is 7.09. The minimum Gasteiger partial charge on any atom is -0.271 e. The van der Waals surface area contributed by atoms with E-state index in [1.807, 2.05) is 0 Å². The van der Waals surface area contributed by atoms with Gasteiger partial charge in [0, 0.05) is 6.04 Å². The molecule has 1 atom stereocenters. The molecule has 17 heavy (non-hydrogen) atoms. The largest absolute Gasteiger partial charge is 0.271 e. The van der Waals surface area contributed by atoms with E-state index >= 15 is 0 Å². The highest BCUT2D eigenvalue weighted by Crippen LogP contribution is 2.42. The van der Waals surface area contributed by atoms with E-state index in [9.17, 15) is 0 Å². The van der Waals surface area contributed by atoms with Crippen molar-refractivity contribution in [3.05, 3.63) is 0 Å². The van der Waals surface area contributed by atoms with Crippen LogP contribution in [-0.4, -0.2) is 6.04 Å². The molecule has 2 rings (SSSR count). The average Bonchev–Trinajstić information content (AvgIpc) is 2.33. The van der Waals surface area contributed by atoms with Crippen molar-refractivity contribution in [2.45, 2.75) is 77.7 Å². The molecule has 0 bridgehead atoms. The quantitative estimate of drug-likeness (QED) is 0.582. The fourth-order valence-corrected chi connectivity index (χ4v) is 3.93. The highest BCUT2D eigenvalue weighted by molar-refractivity contribution is 4.88. The van der Waals surface area contributed by atoms with Gasteiger partial charge in [-0.2, -0.15) is 0 Å². The van der Waals surface area contributed by atoms with Gasteiger partial charge in [-0.05, 0) is 55.8 Å². The van der Waals surface area contributed by atoms with Crippen LogP contribution in [-0.2, 0) is 0 Å². The number of nitrogens with one attached hydrogen (secondary N) is 1. The van der Waals surface area contributed by atoms with Crippen LogP contribution in [0.2, 0.25) is 0 Å². The zero-order chi connectivity index (χ0) is 12.3. The number of hydrazine groups is 1. The summed E-state index contributed by atoms with van der Waals surface area (Å²) in [4.78, 5) is 0. The van der Waals surface area contributed by atoms with Gasteiger partial charge < -0.3 is 0 Å². The Morgan fingerprint density at radius 3 is 2.00 bits per heavy atom. The molecular formula is C15H30N2. The summed E-state index contributed by atoms with van der Waals surface area (Å²) < 4.78 is 0. The van der Waals surface area contributed by atoms with Gasteiger partial charge in [-0.15, -0.1) is 0 Å². The first kappa shape index (κ1) is 13.4. The summed E-state index contributed by atoms with van der Waals surface area (Å²) in [5, 5.41) is 0. The molecule has 2 fully saturated rings. The zero-order valence-electron chi connectivity index (χ0n) is 11.7. The molecule has 0 amide bonds. The molecule has 100 valence electrons. The summed E-state index contributed by atoms with van der Waals surface area (Å²) in [7, 11) is 0. The van der Waals surface area contributed by atoms with Crippen LogP contribution < -0.4 is 11.3 Å². The Hall–Kier alpha value is -0.0800. The molecule has 0 aromatic rings. The Morgan fingerprint density at radius 1 is 0.941 bits per heavy atom. The fourth-order valence-electron chi connectivity index (χ4n) is 3.93. The standard InChI is InChI=1S/C15H30N2/c1-15(2)10-8-13(9-11-15)14(17-16)12-6-4-3-5-7-12/h12-14,17H,3-11,16H2,1-2H3. The van der Waals surface area contributed by atoms with E-state index in [0.29, 0.717) is 11.5 Å². The van der Waals surface area contributed by atoms with Crippen molar-refractivity contribution in [1.29, 1.82) is 0 Å². The Bertz CT molecular complexity index is 221. The van der Waals surface area contributed by atoms with E-state index in [4.69, 9.17) is 5.84 Å². The van der Waals surface area contributed by atoms with Crippen LogP contribution in [0.25, 0.3) is 0 Å². The lowest BCUT2D eigenvalue weighted by atomic mass is 9.68. The maximum Gasteiger partial charge on any atom is 0.0267 e. The van der Waals surface area contributed by atoms with Crippen molar-refractivity contribution < 1.29 is 0 Å². The van der Waals surface area contributed by atoms with Crippen molar-refractivity contribution in [3.63, 3.8) is 0 Å². The summed E-state index contributed by atoms with van der Waals surface area (Å²) >= 11 is 0. The minimum atomic E-state index is 0.572. The van der Waals surface area contributed by atoms with Crippen molar-refractivity contribution in [3.8, 4) is 0 Å². The van der Waals surface area contributed by atoms with Crippen LogP contribution >= 0.6 is 0 Å². The van der Waals surface area contributed by atoms with E-state index in [-0.39, 0.29) is 0 Å². The maximum atomic E-state index is 5.85. The van der Waals surface area contributed by atoms with Gasteiger partial charge in [0.05, 0.1) is 0 Å². The molecule has 0 heterocycles. The molecule has 1 unspecified atom stereocenters. The lowest BCUT2D eigenvalue weighted by Gasteiger charge is -2.41. The molecular weight excluding hydrogens is 208 g/mol. The minimum absolute atomic E-state index is 0.572. The first-order chi connectivity index (χ1) is 8.12. The average molecular weight is 238 g/mol. The number of hydrogen-bond acceptors (Lipinski definition) is 2. The van der Waals surface area contributed by atoms with Gasteiger partial charge >= 0.3 is 0 Å². The van der Waals surface area contributed by atoms with Gasteiger partial charge in [-0.25, -0.2) is 0 Å². The third-order valence-electron chi connectivity index (χ3n) is 5.24. The van der Waals surface area contributed by atoms with Crippen LogP contribution in [0.4, 0.5) is 0 Å². The van der Waals surface area contributed by atoms with Crippen LogP contribution in [0.1, 0.15) is 71.6 Å². The first-order valence-corrected chi connectivity index (χ1v) is 7.58. The number of nitrogens with two attached hydrogens (primary N) is 1. The molecule has 0 aliphatic heterocycles. The molecule has 0 saturated heterocycles. The summed E-state index contributed by atoms with van der Waals surface area (Å²) in [6, 6.07) is 0.589. The van der Waals surface area contributed by atoms with Gasteiger partial charge in [0.1, 0.15) is 0 Å². The van der Waals surface area contributed by atoms with Gasteiger partial charge in [0.2, 0.25) is 0 Å². The summed E-state index contributed by atoms with van der Waals surface area (Å²) in [5.41, 5.74) is 3.74. The smallest absolute Gasteiger partial charge is 0.0267 e. The molecule has 2 aliphatic carbocycles. The number of rotatable bonds is 3. The van der Waals surface area contributed by atoms with Crippen molar-refractivity contribution in [2.75, 3.05) is 0 Å². The molecule has 0 radical (unpaired) electrons. The predicted molar refractivity (Wildman–Crippen MR) is 73.4 cm³/mol. The Labute approximate surface area is 107 Å². The van der Waals surface area contributed by atoms with Gasteiger partial charge in [-0.1, -0.05) is 33.1 Å². The van der Waals surface area contributed by atoms with Crippen molar-refractivity contribution in [1.82, 2.24) is 5.43 Å². The summed E-state index contributed by atoms with van der Waals surface area (Å²) in [6.45, 7) is 4.82. The molecule has 2 aliphatic rings. The van der Waals surface area contributed by atoms with E-state index in [2.05, 4.69) is 19.3 Å². The number of hydrogen-bond donors (Lipinski definition) is 2. The van der Waals surface area contributed by atoms with Crippen LogP contribution in [0, 0.1) is 17.3 Å². The Kier molecular flexibility index (Phi) is 4.48. The van der Waals surface area contributed by atoms with Gasteiger partial charge in [0.25, 0.3) is 0 Å². The zero-order valence-corrected chi connectivity index (χ0v) is 11.7. The van der Waals surface area contributed by atoms with E-state index in [0.717, 1.165) is 11.8 Å². The van der Waals surface area contributed by atoms with Crippen molar-refractivity contribution in [2.24, 2.45) is 23.1 Å². The second kappa shape index (κ2) is 5.71. The molecule has 0 spiro atoms. The summed E-state index contributed by atoms with van der Waals surface area (Å²) in [6.07, 6.45) is 12.6. The Balaban J connectivity index is 1.89. The monoisotopic (exact) mass is 238 g/mol. The second-order valence-electron chi connectivity index (χ2n) is 7.09. The molecule has 2 saturated carbocycles. The van der Waals surface area contributed by atoms with Crippen LogP contribution in [0.15, 0.2) is 0 Å². The lowest BCUT2D eigenvalue weighted by Crippen LogP contribution is -2.48. The molecule has 0 aromatic heterocycles.